The Hall–Kier alpha value is -3.14. The van der Waals surface area contributed by atoms with Crippen molar-refractivity contribution >= 4 is 40.1 Å². The lowest BCUT2D eigenvalue weighted by molar-refractivity contribution is -0.382. The lowest BCUT2D eigenvalue weighted by Crippen LogP contribution is -2.14. The number of nitrogens with one attached hydrogen (secondary N) is 1. The predicted molar refractivity (Wildman–Crippen MR) is 109 cm³/mol. The van der Waals surface area contributed by atoms with Gasteiger partial charge in [0.2, 0.25) is 5.52 Å². The van der Waals surface area contributed by atoms with Crippen molar-refractivity contribution in [3.8, 4) is 0 Å². The van der Waals surface area contributed by atoms with Crippen molar-refractivity contribution in [2.75, 3.05) is 18.5 Å². The Bertz CT molecular complexity index is 993. The van der Waals surface area contributed by atoms with Gasteiger partial charge in [-0.3, -0.25) is 14.9 Å². The van der Waals surface area contributed by atoms with E-state index in [-0.39, 0.29) is 36.0 Å². The first-order chi connectivity index (χ1) is 14.1. The fraction of sp³-hybridized carbons (Fsp3) is 0.316. The highest BCUT2D eigenvalue weighted by Gasteiger charge is 2.25. The maximum atomic E-state index is 11.6. The van der Waals surface area contributed by atoms with Gasteiger partial charge in [-0.1, -0.05) is 37.3 Å². The Morgan fingerprint density at radius 2 is 2.03 bits per heavy atom. The molecule has 1 heterocycles. The van der Waals surface area contributed by atoms with Crippen LogP contribution in [0.25, 0.3) is 11.0 Å². The highest BCUT2D eigenvalue weighted by atomic mass is 32.2. The Kier molecular flexibility index (Phi) is 7.01. The van der Waals surface area contributed by atoms with Crippen LogP contribution in [0.1, 0.15) is 25.3 Å². The Balaban J connectivity index is 1.80. The molecule has 1 N–H and O–H groups in total. The van der Waals surface area contributed by atoms with Crippen LogP contribution in [0.3, 0.4) is 0 Å². The molecule has 152 valence electrons. The van der Waals surface area contributed by atoms with Gasteiger partial charge in [0.15, 0.2) is 5.52 Å². The van der Waals surface area contributed by atoms with Crippen molar-refractivity contribution in [1.82, 2.24) is 10.3 Å². The summed E-state index contributed by atoms with van der Waals surface area (Å²) < 4.78 is 9.86. The van der Waals surface area contributed by atoms with E-state index in [1.54, 1.807) is 6.07 Å². The lowest BCUT2D eigenvalue weighted by atomic mass is 10.2. The highest BCUT2D eigenvalue weighted by molar-refractivity contribution is 7.98. The quantitative estimate of drug-likeness (QED) is 0.170. The van der Waals surface area contributed by atoms with E-state index in [9.17, 15) is 14.9 Å². The first kappa shape index (κ1) is 20.6. The van der Waals surface area contributed by atoms with Gasteiger partial charge in [0, 0.05) is 23.6 Å². The number of nitro groups is 1. The smallest absolute Gasteiger partial charge is 0.323 e. The van der Waals surface area contributed by atoms with E-state index in [1.807, 2.05) is 37.3 Å². The van der Waals surface area contributed by atoms with E-state index >= 15 is 0 Å². The van der Waals surface area contributed by atoms with Gasteiger partial charge < -0.3 is 10.1 Å². The monoisotopic (exact) mass is 416 g/mol. The number of hydrogen-bond donors (Lipinski definition) is 1. The van der Waals surface area contributed by atoms with E-state index in [0.29, 0.717) is 29.0 Å². The standard InChI is InChI=1S/C19H20N4O5S/c1-2-6-16(24)27-10-9-20-14-11-15(29-12-13-7-4-3-5-8-13)17-18(22-28-21-17)19(14)23(25)26/h3-5,7-8,11,20H,2,6,9-10,12H2,1H3. The second-order valence-electron chi connectivity index (χ2n) is 6.16. The van der Waals surface area contributed by atoms with E-state index in [0.717, 1.165) is 5.56 Å². The number of carbonyl (C=O) groups is 1. The van der Waals surface area contributed by atoms with Crippen LogP contribution in [-0.2, 0) is 15.3 Å². The Labute approximate surface area is 170 Å². The van der Waals surface area contributed by atoms with Crippen molar-refractivity contribution < 1.29 is 19.1 Å². The molecule has 0 atom stereocenters. The van der Waals surface area contributed by atoms with E-state index < -0.39 is 4.92 Å². The van der Waals surface area contributed by atoms with Crippen LogP contribution in [0.4, 0.5) is 11.4 Å². The zero-order valence-corrected chi connectivity index (χ0v) is 16.6. The van der Waals surface area contributed by atoms with Gasteiger partial charge in [-0.05, 0) is 28.4 Å². The number of rotatable bonds is 10. The average Bonchev–Trinajstić information content (AvgIpc) is 3.19. The molecule has 0 bridgehead atoms. The summed E-state index contributed by atoms with van der Waals surface area (Å²) in [5, 5.41) is 22.2. The van der Waals surface area contributed by atoms with E-state index in [1.165, 1.54) is 11.8 Å². The van der Waals surface area contributed by atoms with Crippen LogP contribution < -0.4 is 5.32 Å². The molecule has 3 rings (SSSR count). The summed E-state index contributed by atoms with van der Waals surface area (Å²) in [6, 6.07) is 11.5. The van der Waals surface area contributed by atoms with Crippen molar-refractivity contribution in [3.63, 3.8) is 0 Å². The van der Waals surface area contributed by atoms with Crippen LogP contribution in [0.2, 0.25) is 0 Å². The van der Waals surface area contributed by atoms with Crippen molar-refractivity contribution in [2.24, 2.45) is 0 Å². The number of carbonyl (C=O) groups excluding carboxylic acids is 1. The molecule has 29 heavy (non-hydrogen) atoms. The number of thioether (sulfide) groups is 1. The van der Waals surface area contributed by atoms with Crippen molar-refractivity contribution in [2.45, 2.75) is 30.4 Å². The number of fused-ring (bicyclic) bond motifs is 1. The first-order valence-electron chi connectivity index (χ1n) is 9.10. The maximum absolute atomic E-state index is 11.6. The minimum absolute atomic E-state index is 0.0820. The summed E-state index contributed by atoms with van der Waals surface area (Å²) in [4.78, 5) is 23.3. The summed E-state index contributed by atoms with van der Waals surface area (Å²) in [5.41, 5.74) is 1.60. The fourth-order valence-electron chi connectivity index (χ4n) is 2.69. The number of ether oxygens (including phenoxy) is 1. The number of nitrogens with zero attached hydrogens (tertiary/aromatic N) is 3. The first-order valence-corrected chi connectivity index (χ1v) is 10.1. The molecule has 0 aliphatic carbocycles. The number of nitro benzene ring substituents is 1. The molecule has 10 heteroatoms. The predicted octanol–water partition coefficient (Wildman–Crippen LogP) is 4.18. The summed E-state index contributed by atoms with van der Waals surface area (Å²) in [6.07, 6.45) is 1.05. The largest absolute Gasteiger partial charge is 0.464 e. The van der Waals surface area contributed by atoms with Crippen LogP contribution in [0, 0.1) is 10.1 Å². The van der Waals surface area contributed by atoms with Crippen LogP contribution in [0.15, 0.2) is 45.9 Å². The van der Waals surface area contributed by atoms with Crippen LogP contribution >= 0.6 is 11.8 Å². The summed E-state index contributed by atoms with van der Waals surface area (Å²) in [5.74, 6) is 0.369. The topological polar surface area (TPSA) is 120 Å². The van der Waals surface area contributed by atoms with Gasteiger partial charge in [-0.25, -0.2) is 4.63 Å². The molecule has 0 aliphatic heterocycles. The average molecular weight is 416 g/mol. The second-order valence-corrected chi connectivity index (χ2v) is 7.18. The fourth-order valence-corrected chi connectivity index (χ4v) is 3.68. The van der Waals surface area contributed by atoms with E-state index in [4.69, 9.17) is 9.37 Å². The second kappa shape index (κ2) is 9.87. The molecule has 3 aromatic rings. The molecule has 2 aromatic carbocycles. The van der Waals surface area contributed by atoms with Gasteiger partial charge in [0.25, 0.3) is 0 Å². The molecule has 0 aliphatic rings. The zero-order valence-electron chi connectivity index (χ0n) is 15.8. The van der Waals surface area contributed by atoms with Crippen LogP contribution in [0.5, 0.6) is 0 Å². The van der Waals surface area contributed by atoms with Gasteiger partial charge in [-0.2, -0.15) is 0 Å². The number of esters is 1. The molecule has 1 aromatic heterocycles. The Morgan fingerprint density at radius 3 is 2.76 bits per heavy atom. The molecule has 0 saturated heterocycles. The number of benzene rings is 2. The molecule has 0 unspecified atom stereocenters. The molecule has 0 fully saturated rings. The molecule has 9 nitrogen and oxygen atoms in total. The van der Waals surface area contributed by atoms with Gasteiger partial charge in [0.1, 0.15) is 12.3 Å². The molecule has 0 amide bonds. The molecule has 0 saturated carbocycles. The van der Waals surface area contributed by atoms with Crippen molar-refractivity contribution in [3.05, 3.63) is 52.1 Å². The number of anilines is 1. The summed E-state index contributed by atoms with van der Waals surface area (Å²) in [7, 11) is 0. The third kappa shape index (κ3) is 5.23. The van der Waals surface area contributed by atoms with Crippen LogP contribution in [-0.4, -0.2) is 34.4 Å². The van der Waals surface area contributed by atoms with Gasteiger partial charge >= 0.3 is 11.7 Å². The SMILES string of the molecule is CCCC(=O)OCCNc1cc(SCc2ccccc2)c2nonc2c1[N+](=O)[O-]. The minimum Gasteiger partial charge on any atom is -0.464 e. The van der Waals surface area contributed by atoms with Crippen molar-refractivity contribution in [1.29, 1.82) is 0 Å². The summed E-state index contributed by atoms with van der Waals surface area (Å²) >= 11 is 1.48. The number of hydrogen-bond acceptors (Lipinski definition) is 9. The summed E-state index contributed by atoms with van der Waals surface area (Å²) in [6.45, 7) is 2.23. The molecule has 0 radical (unpaired) electrons. The van der Waals surface area contributed by atoms with Gasteiger partial charge in [0.05, 0.1) is 4.92 Å². The third-order valence-electron chi connectivity index (χ3n) is 4.03. The normalized spacial score (nSPS) is 10.8. The molecule has 0 spiro atoms. The minimum atomic E-state index is -0.524. The third-order valence-corrected chi connectivity index (χ3v) is 5.13. The van der Waals surface area contributed by atoms with Gasteiger partial charge in [-0.15, -0.1) is 11.8 Å². The maximum Gasteiger partial charge on any atom is 0.323 e. The van der Waals surface area contributed by atoms with E-state index in [2.05, 4.69) is 15.6 Å². The highest BCUT2D eigenvalue weighted by Crippen LogP contribution is 2.39. The lowest BCUT2D eigenvalue weighted by Gasteiger charge is -2.10. The Morgan fingerprint density at radius 1 is 1.28 bits per heavy atom. The molecular formula is C19H20N4O5S. The molecular weight excluding hydrogens is 396 g/mol. The zero-order chi connectivity index (χ0) is 20.6. The number of aromatic nitrogens is 2.